The van der Waals surface area contributed by atoms with Crippen LogP contribution in [0.2, 0.25) is 0 Å². The van der Waals surface area contributed by atoms with Crippen molar-refractivity contribution in [2.75, 3.05) is 6.61 Å². The maximum Gasteiger partial charge on any atom is 0.312 e. The molecule has 7 nitrogen and oxygen atoms in total. The summed E-state index contributed by atoms with van der Waals surface area (Å²) >= 11 is 0. The highest BCUT2D eigenvalue weighted by Crippen LogP contribution is 2.67. The largest absolute Gasteiger partial charge is 0.465 e. The first-order valence-corrected chi connectivity index (χ1v) is 27.8. The van der Waals surface area contributed by atoms with Gasteiger partial charge in [-0.2, -0.15) is 0 Å². The molecule has 9 saturated carbocycles. The molecule has 2 saturated heterocycles. The van der Waals surface area contributed by atoms with Gasteiger partial charge >= 0.3 is 17.9 Å². The second kappa shape index (κ2) is 18.8. The fourth-order valence-electron chi connectivity index (χ4n) is 18.9. The average Bonchev–Trinajstić information content (AvgIpc) is 4.15. The SMILES string of the molecule is CCC1CC(CC)C2C3CC(CC3C(=O)OC3(CC)CC4CCC3C4)C12.CCC1CC(CC)C2C3CC(CC3C(=O)OC3(CC)CCCC3)C12.CCC1OC(CC)C2C(=O)OCC12. The fourth-order valence-corrected chi connectivity index (χ4v) is 18.9. The van der Waals surface area contributed by atoms with Gasteiger partial charge in [-0.3, -0.25) is 14.4 Å². The minimum Gasteiger partial charge on any atom is -0.465 e. The van der Waals surface area contributed by atoms with Crippen molar-refractivity contribution >= 4 is 17.9 Å². The highest BCUT2D eigenvalue weighted by molar-refractivity contribution is 5.76. The van der Waals surface area contributed by atoms with Crippen LogP contribution in [0.5, 0.6) is 0 Å². The van der Waals surface area contributed by atoms with Crippen LogP contribution in [0.15, 0.2) is 0 Å². The van der Waals surface area contributed by atoms with Gasteiger partial charge in [-0.1, -0.05) is 81.1 Å². The lowest BCUT2D eigenvalue weighted by Gasteiger charge is -2.40. The Morgan fingerprint density at radius 1 is 0.587 bits per heavy atom. The molecule has 9 aliphatic carbocycles. The molecule has 2 aliphatic heterocycles. The van der Waals surface area contributed by atoms with E-state index in [4.69, 9.17) is 18.9 Å². The highest BCUT2D eigenvalue weighted by atomic mass is 16.6. The molecular weight excluding hydrogens is 785 g/mol. The van der Waals surface area contributed by atoms with Crippen LogP contribution < -0.4 is 0 Å². The normalized spacial score (nSPS) is 48.6. The first-order chi connectivity index (χ1) is 30.5. The van der Waals surface area contributed by atoms with Gasteiger partial charge in [0.1, 0.15) is 11.2 Å². The van der Waals surface area contributed by atoms with Crippen molar-refractivity contribution in [3.63, 3.8) is 0 Å². The third kappa shape index (κ3) is 8.00. The van der Waals surface area contributed by atoms with Gasteiger partial charge in [-0.15, -0.1) is 0 Å². The maximum absolute atomic E-state index is 13.3. The van der Waals surface area contributed by atoms with Gasteiger partial charge in [0, 0.05) is 5.92 Å². The van der Waals surface area contributed by atoms with Gasteiger partial charge in [0.2, 0.25) is 0 Å². The monoisotopic (exact) mass is 875 g/mol. The van der Waals surface area contributed by atoms with E-state index in [1.165, 1.54) is 83.5 Å². The first-order valence-electron chi connectivity index (χ1n) is 27.8. The summed E-state index contributed by atoms with van der Waals surface area (Å²) in [6, 6.07) is 0. The van der Waals surface area contributed by atoms with Crippen LogP contribution in [0.1, 0.15) is 197 Å². The van der Waals surface area contributed by atoms with E-state index in [0.29, 0.717) is 30.3 Å². The summed E-state index contributed by atoms with van der Waals surface area (Å²) in [6.07, 6.45) is 27.2. The Balaban J connectivity index is 0.000000127. The van der Waals surface area contributed by atoms with Crippen LogP contribution in [-0.4, -0.2) is 47.9 Å². The molecule has 0 spiro atoms. The summed E-state index contributed by atoms with van der Waals surface area (Å²) in [5.74, 6) is 12.7. The predicted molar refractivity (Wildman–Crippen MR) is 247 cm³/mol. The zero-order valence-electron chi connectivity index (χ0n) is 41.2. The number of cyclic esters (lactones) is 1. The fraction of sp³-hybridized carbons (Fsp3) is 0.946. The molecule has 0 N–H and O–H groups in total. The summed E-state index contributed by atoms with van der Waals surface area (Å²) in [5.41, 5.74) is -0.197. The molecule has 7 heteroatoms. The van der Waals surface area contributed by atoms with Crippen LogP contribution in [0, 0.1) is 107 Å². The molecule has 11 rings (SSSR count). The first kappa shape index (κ1) is 46.5. The second-order valence-electron chi connectivity index (χ2n) is 23.9. The summed E-state index contributed by atoms with van der Waals surface area (Å²) in [4.78, 5) is 37.8. The molecule has 21 atom stereocenters. The predicted octanol–water partition coefficient (Wildman–Crippen LogP) is 12.8. The molecule has 0 radical (unpaired) electrons. The molecule has 11 fully saturated rings. The summed E-state index contributed by atoms with van der Waals surface area (Å²) in [7, 11) is 0. The summed E-state index contributed by atoms with van der Waals surface area (Å²) in [6.45, 7) is 18.7. The van der Waals surface area contributed by atoms with Gasteiger partial charge < -0.3 is 18.9 Å². The lowest BCUT2D eigenvalue weighted by atomic mass is 9.70. The third-order valence-corrected chi connectivity index (χ3v) is 21.8. The minimum absolute atomic E-state index is 0.0231. The third-order valence-electron chi connectivity index (χ3n) is 21.8. The van der Waals surface area contributed by atoms with Gasteiger partial charge in [0.05, 0.1) is 36.6 Å². The Hall–Kier alpha value is -1.63. The van der Waals surface area contributed by atoms with Crippen LogP contribution >= 0.6 is 0 Å². The average molecular weight is 875 g/mol. The van der Waals surface area contributed by atoms with Crippen molar-refractivity contribution in [1.29, 1.82) is 0 Å². The van der Waals surface area contributed by atoms with Crippen molar-refractivity contribution in [2.45, 2.75) is 220 Å². The van der Waals surface area contributed by atoms with E-state index in [9.17, 15) is 14.4 Å². The smallest absolute Gasteiger partial charge is 0.312 e. The molecule has 0 aromatic rings. The Bertz CT molecular complexity index is 1620. The number of rotatable bonds is 12. The minimum atomic E-state index is -0.107. The number of hydrogen-bond acceptors (Lipinski definition) is 7. The molecular formula is C56H90O7. The molecule has 356 valence electrons. The number of esters is 3. The number of carbonyl (C=O) groups is 3. The van der Waals surface area contributed by atoms with Crippen LogP contribution in [0.3, 0.4) is 0 Å². The van der Waals surface area contributed by atoms with Gasteiger partial charge in [-0.05, 0) is 198 Å². The van der Waals surface area contributed by atoms with Crippen molar-refractivity contribution in [2.24, 2.45) is 107 Å². The van der Waals surface area contributed by atoms with Gasteiger partial charge in [0.25, 0.3) is 0 Å². The van der Waals surface area contributed by atoms with E-state index >= 15 is 0 Å². The zero-order valence-corrected chi connectivity index (χ0v) is 41.2. The van der Waals surface area contributed by atoms with E-state index in [2.05, 4.69) is 55.4 Å². The zero-order chi connectivity index (χ0) is 44.4. The molecule has 21 unspecified atom stereocenters. The lowest BCUT2D eigenvalue weighted by molar-refractivity contribution is -0.175. The van der Waals surface area contributed by atoms with E-state index in [-0.39, 0.29) is 59.1 Å². The summed E-state index contributed by atoms with van der Waals surface area (Å²) < 4.78 is 23.5. The number of ether oxygens (including phenoxy) is 4. The van der Waals surface area contributed by atoms with E-state index in [1.54, 1.807) is 0 Å². The van der Waals surface area contributed by atoms with E-state index in [0.717, 1.165) is 123 Å². The Morgan fingerprint density at radius 2 is 1.13 bits per heavy atom. The Kier molecular flexibility index (Phi) is 13.9. The van der Waals surface area contributed by atoms with Gasteiger partial charge in [0.15, 0.2) is 0 Å². The molecule has 0 aromatic heterocycles. The van der Waals surface area contributed by atoms with Crippen LogP contribution in [0.4, 0.5) is 0 Å². The Labute approximate surface area is 383 Å². The van der Waals surface area contributed by atoms with Crippen LogP contribution in [0.25, 0.3) is 0 Å². The molecule has 2 heterocycles. The maximum atomic E-state index is 13.3. The molecule has 0 amide bonds. The molecule has 11 aliphatic rings. The number of carbonyl (C=O) groups excluding carboxylic acids is 3. The summed E-state index contributed by atoms with van der Waals surface area (Å²) in [5, 5.41) is 0. The van der Waals surface area contributed by atoms with Crippen molar-refractivity contribution in [3.8, 4) is 0 Å². The highest BCUT2D eigenvalue weighted by Gasteiger charge is 2.64. The van der Waals surface area contributed by atoms with Crippen molar-refractivity contribution in [3.05, 3.63) is 0 Å². The van der Waals surface area contributed by atoms with Crippen molar-refractivity contribution in [1.82, 2.24) is 0 Å². The molecule has 63 heavy (non-hydrogen) atoms. The Morgan fingerprint density at radius 3 is 1.59 bits per heavy atom. The lowest BCUT2D eigenvalue weighted by Crippen LogP contribution is -2.43. The topological polar surface area (TPSA) is 88.1 Å². The van der Waals surface area contributed by atoms with Crippen molar-refractivity contribution < 1.29 is 33.3 Å². The van der Waals surface area contributed by atoms with E-state index < -0.39 is 0 Å². The van der Waals surface area contributed by atoms with E-state index in [1.807, 2.05) is 0 Å². The van der Waals surface area contributed by atoms with Crippen LogP contribution in [-0.2, 0) is 33.3 Å². The second-order valence-corrected chi connectivity index (χ2v) is 23.9. The quantitative estimate of drug-likeness (QED) is 0.143. The number of fused-ring (bicyclic) bond motifs is 13. The molecule has 0 aromatic carbocycles. The molecule has 6 bridgehead atoms. The van der Waals surface area contributed by atoms with Gasteiger partial charge in [-0.25, -0.2) is 0 Å². The number of hydrogen-bond donors (Lipinski definition) is 0. The standard InChI is InChI=1S/C24H38O2.C22H36O2.C10H16O3/c1-4-15-10-16(5-2)22-19-11-17(21(15)22)12-20(19)23(25)26-24(6-3)13-14-7-8-18(24)9-14;1-4-14-11-15(5-2)20-17-12-16(19(14)20)13-18(17)21(23)24-22(6-3)9-7-8-10-22;1-3-7-6-5-12-10(11)9(6)8(4-2)13-7/h14-22H,4-13H2,1-3H3;14-20H,4-13H2,1-3H3;6-9H,3-5H2,1-2H3.